The summed E-state index contributed by atoms with van der Waals surface area (Å²) in [5, 5.41) is 2.32. The molecule has 34 heavy (non-hydrogen) atoms. The molecule has 192 valence electrons. The predicted molar refractivity (Wildman–Crippen MR) is 96.0 cm³/mol. The molecule has 0 saturated heterocycles. The Bertz CT molecular complexity index is 979. The zero-order chi connectivity index (χ0) is 25.4. The molecule has 13 nitrogen and oxygen atoms in total. The Morgan fingerprint density at radius 2 is 1.68 bits per heavy atom. The van der Waals surface area contributed by atoms with Crippen molar-refractivity contribution in [3.05, 3.63) is 12.7 Å². The van der Waals surface area contributed by atoms with Crippen LogP contribution in [-0.4, -0.2) is 71.2 Å². The zero-order valence-electron chi connectivity index (χ0n) is 17.0. The maximum Gasteiger partial charge on any atom is 0.414 e. The summed E-state index contributed by atoms with van der Waals surface area (Å²) in [5.41, 5.74) is 0.397. The summed E-state index contributed by atoms with van der Waals surface area (Å²) < 4.78 is 104. The Balaban J connectivity index is 1.96. The van der Waals surface area contributed by atoms with Gasteiger partial charge in [-0.1, -0.05) is 0 Å². The number of imidazole rings is 1. The van der Waals surface area contributed by atoms with Gasteiger partial charge in [0.25, 0.3) is 0 Å². The number of alkyl halides is 6. The molecule has 0 atom stereocenters. The van der Waals surface area contributed by atoms with E-state index in [1.807, 2.05) is 0 Å². The number of carbonyl (C=O) groups is 1. The fourth-order valence-corrected chi connectivity index (χ4v) is 2.92. The lowest BCUT2D eigenvalue weighted by Gasteiger charge is -2.17. The second kappa shape index (κ2) is 11.7. The van der Waals surface area contributed by atoms with Crippen LogP contribution in [0.1, 0.15) is 0 Å². The number of amides is 1. The molecule has 20 heteroatoms. The molecule has 0 saturated carbocycles. The molecule has 2 rings (SSSR count). The van der Waals surface area contributed by atoms with Gasteiger partial charge in [-0.05, 0) is 0 Å². The summed E-state index contributed by atoms with van der Waals surface area (Å²) in [4.78, 5) is 30.6. The summed E-state index contributed by atoms with van der Waals surface area (Å²) in [6, 6.07) is 0. The van der Waals surface area contributed by atoms with E-state index in [1.165, 1.54) is 10.9 Å². The molecule has 0 fully saturated rings. The Kier molecular flexibility index (Phi) is 9.54. The lowest BCUT2D eigenvalue weighted by Crippen LogP contribution is -2.19. The van der Waals surface area contributed by atoms with Crippen LogP contribution < -0.4 is 5.32 Å². The van der Waals surface area contributed by atoms with E-state index in [0.717, 1.165) is 13.4 Å². The topological polar surface area (TPSA) is 145 Å². The third kappa shape index (κ3) is 9.35. The Hall–Kier alpha value is -2.57. The van der Waals surface area contributed by atoms with Crippen molar-refractivity contribution < 1.29 is 64.3 Å². The van der Waals surface area contributed by atoms with Gasteiger partial charge in [0.1, 0.15) is 6.33 Å². The molecule has 0 bridgehead atoms. The molecule has 0 aliphatic carbocycles. The van der Waals surface area contributed by atoms with E-state index in [1.54, 1.807) is 0 Å². The van der Waals surface area contributed by atoms with Gasteiger partial charge in [-0.15, -0.1) is 9.35 Å². The number of carbonyl (C=O) groups excluding carboxylic acids is 1. The number of nitrogens with one attached hydrogen (secondary N) is 1. The highest BCUT2D eigenvalue weighted by atomic mass is 31.2. The summed E-state index contributed by atoms with van der Waals surface area (Å²) in [5.74, 6) is 0.0337. The van der Waals surface area contributed by atoms with Gasteiger partial charge in [-0.3, -0.25) is 9.88 Å². The third-order valence-corrected chi connectivity index (χ3v) is 4.47. The summed E-state index contributed by atoms with van der Waals surface area (Å²) in [7, 11) is -3.71. The van der Waals surface area contributed by atoms with Gasteiger partial charge in [0.05, 0.1) is 20.0 Å². The predicted octanol–water partition coefficient (Wildman–Crippen LogP) is 3.19. The summed E-state index contributed by atoms with van der Waals surface area (Å²) in [6.45, 7) is -4.41. The SMILES string of the molecule is COC(=O)Nc1ncnc2c1ncn2CCOCP(=O)(OOCC(F)(F)F)OOCC(F)(F)F. The number of hydrogen-bond acceptors (Lipinski definition) is 11. The van der Waals surface area contributed by atoms with Crippen molar-refractivity contribution in [3.63, 3.8) is 0 Å². The van der Waals surface area contributed by atoms with Crippen LogP contribution in [0.5, 0.6) is 0 Å². The van der Waals surface area contributed by atoms with Gasteiger partial charge in [0.2, 0.25) is 0 Å². The number of nitrogens with zero attached hydrogens (tertiary/aromatic N) is 4. The second-order valence-electron chi connectivity index (χ2n) is 6.00. The van der Waals surface area contributed by atoms with E-state index >= 15 is 0 Å². The number of aromatic nitrogens is 4. The fourth-order valence-electron chi connectivity index (χ4n) is 2.03. The highest BCUT2D eigenvalue weighted by molar-refractivity contribution is 7.53. The first-order valence-corrected chi connectivity index (χ1v) is 10.5. The lowest BCUT2D eigenvalue weighted by molar-refractivity contribution is -0.322. The van der Waals surface area contributed by atoms with Gasteiger partial charge in [-0.25, -0.2) is 29.5 Å². The molecule has 1 N–H and O–H groups in total. The van der Waals surface area contributed by atoms with Crippen LogP contribution in [0, 0.1) is 0 Å². The molecule has 0 unspecified atom stereocenters. The van der Waals surface area contributed by atoms with Gasteiger partial charge >= 0.3 is 26.0 Å². The van der Waals surface area contributed by atoms with Crippen LogP contribution in [0.2, 0.25) is 0 Å². The van der Waals surface area contributed by atoms with E-state index in [9.17, 15) is 35.7 Å². The van der Waals surface area contributed by atoms with Gasteiger partial charge in [0.15, 0.2) is 36.5 Å². The Labute approximate surface area is 185 Å². The number of hydrogen-bond donors (Lipinski definition) is 1. The average Bonchev–Trinajstić information content (AvgIpc) is 3.13. The standard InChI is InChI=1S/C14H16F6N5O8P/c1-28-12(26)24-10-9-11(22-6-21-10)25(7-23-9)2-3-29-8-34(27,32-30-4-13(15,16)17)33-31-5-14(18,19)20/h6-7H,2-5,8H2,1H3,(H,21,22,24,26). The van der Waals surface area contributed by atoms with Crippen molar-refractivity contribution in [1.29, 1.82) is 0 Å². The fraction of sp³-hybridized carbons (Fsp3) is 0.571. The number of ether oxygens (including phenoxy) is 2. The quantitative estimate of drug-likeness (QED) is 0.143. The smallest absolute Gasteiger partial charge is 0.414 e. The average molecular weight is 527 g/mol. The number of fused-ring (bicyclic) bond motifs is 1. The summed E-state index contributed by atoms with van der Waals surface area (Å²) >= 11 is 0. The van der Waals surface area contributed by atoms with Crippen LogP contribution in [0.4, 0.5) is 37.0 Å². The maximum absolute atomic E-state index is 12.3. The molecule has 2 aromatic rings. The number of halogens is 6. The number of methoxy groups -OCH3 is 1. The van der Waals surface area contributed by atoms with E-state index in [0.29, 0.717) is 0 Å². The van der Waals surface area contributed by atoms with Crippen molar-refractivity contribution in [3.8, 4) is 0 Å². The van der Waals surface area contributed by atoms with Crippen LogP contribution in [0.15, 0.2) is 12.7 Å². The number of anilines is 1. The molecular formula is C14H16F6N5O8P. The highest BCUT2D eigenvalue weighted by Crippen LogP contribution is 2.49. The highest BCUT2D eigenvalue weighted by Gasteiger charge is 2.36. The largest absolute Gasteiger partial charge is 0.453 e. The molecule has 0 aromatic carbocycles. The van der Waals surface area contributed by atoms with Crippen molar-refractivity contribution in [2.75, 3.05) is 38.6 Å². The minimum Gasteiger partial charge on any atom is -0.453 e. The minimum absolute atomic E-state index is 0.0337. The molecule has 0 radical (unpaired) electrons. The van der Waals surface area contributed by atoms with Crippen LogP contribution >= 0.6 is 7.60 Å². The van der Waals surface area contributed by atoms with Crippen LogP contribution in [0.25, 0.3) is 11.2 Å². The van der Waals surface area contributed by atoms with Crippen LogP contribution in [-0.2, 0) is 39.7 Å². The minimum atomic E-state index is -4.88. The first-order chi connectivity index (χ1) is 15.8. The summed E-state index contributed by atoms with van der Waals surface area (Å²) in [6.07, 6.45) is -9.32. The first-order valence-electron chi connectivity index (χ1n) is 8.75. The molecular weight excluding hydrogens is 511 g/mol. The Morgan fingerprint density at radius 1 is 1.06 bits per heavy atom. The van der Waals surface area contributed by atoms with E-state index in [4.69, 9.17) is 4.74 Å². The lowest BCUT2D eigenvalue weighted by atomic mass is 10.5. The second-order valence-corrected chi connectivity index (χ2v) is 7.78. The van der Waals surface area contributed by atoms with E-state index < -0.39 is 45.6 Å². The van der Waals surface area contributed by atoms with Gasteiger partial charge in [0, 0.05) is 6.54 Å². The normalized spacial score (nSPS) is 12.8. The third-order valence-electron chi connectivity index (χ3n) is 3.31. The molecule has 2 aromatic heterocycles. The zero-order valence-corrected chi connectivity index (χ0v) is 17.9. The number of rotatable bonds is 12. The Morgan fingerprint density at radius 3 is 2.24 bits per heavy atom. The molecule has 0 aliphatic rings. The molecule has 0 aliphatic heterocycles. The van der Waals surface area contributed by atoms with E-state index in [-0.39, 0.29) is 30.1 Å². The molecule has 0 spiro atoms. The van der Waals surface area contributed by atoms with Crippen molar-refractivity contribution in [2.45, 2.75) is 18.9 Å². The van der Waals surface area contributed by atoms with E-state index in [2.05, 4.69) is 44.1 Å². The van der Waals surface area contributed by atoms with Crippen LogP contribution in [0.3, 0.4) is 0 Å². The molecule has 2 heterocycles. The molecule has 1 amide bonds. The van der Waals surface area contributed by atoms with Gasteiger partial charge in [-0.2, -0.15) is 26.3 Å². The van der Waals surface area contributed by atoms with Gasteiger partial charge < -0.3 is 14.0 Å². The monoisotopic (exact) mass is 527 g/mol. The first kappa shape index (κ1) is 27.7. The maximum atomic E-state index is 12.3. The van der Waals surface area contributed by atoms with Crippen molar-refractivity contribution in [2.24, 2.45) is 0 Å². The van der Waals surface area contributed by atoms with Crippen molar-refractivity contribution >= 4 is 30.7 Å². The van der Waals surface area contributed by atoms with Crippen molar-refractivity contribution in [1.82, 2.24) is 19.5 Å².